The van der Waals surface area contributed by atoms with Crippen LogP contribution < -0.4 is 37.1 Å². The third-order valence-electron chi connectivity index (χ3n) is 9.35. The van der Waals surface area contributed by atoms with Crippen molar-refractivity contribution in [2.24, 2.45) is 5.73 Å². The summed E-state index contributed by atoms with van der Waals surface area (Å²) in [6, 6.07) is 11.5. The Morgan fingerprint density at radius 2 is 1.58 bits per heavy atom. The number of likely N-dealkylation sites (N-methyl/N-ethyl adjacent to an activating group) is 2. The Hall–Kier alpha value is -4.83. The van der Waals surface area contributed by atoms with Gasteiger partial charge in [0.25, 0.3) is 0 Å². The minimum atomic E-state index is -1.69. The van der Waals surface area contributed by atoms with Crippen molar-refractivity contribution in [3.05, 3.63) is 77.9 Å². The molecular formula is C43H64IN7O11. The number of carbonyl (C=O) groups excluding carboxylic acids is 6. The van der Waals surface area contributed by atoms with Crippen molar-refractivity contribution in [3.8, 4) is 5.75 Å². The maximum absolute atomic E-state index is 14.2. The topological polar surface area (TPSA) is 260 Å². The van der Waals surface area contributed by atoms with Crippen molar-refractivity contribution in [2.45, 2.75) is 102 Å². The summed E-state index contributed by atoms with van der Waals surface area (Å²) in [7, 11) is 3.07. The Morgan fingerprint density at radius 1 is 0.935 bits per heavy atom. The van der Waals surface area contributed by atoms with Crippen LogP contribution in [0.4, 0.5) is 4.79 Å². The highest BCUT2D eigenvalue weighted by Gasteiger charge is 2.36. The number of benzene rings is 2. The quantitative estimate of drug-likeness (QED) is 0.0231. The van der Waals surface area contributed by atoms with E-state index in [2.05, 4.69) is 26.6 Å². The third kappa shape index (κ3) is 18.6. The van der Waals surface area contributed by atoms with Crippen LogP contribution in [0.1, 0.15) is 65.1 Å². The first-order valence-corrected chi connectivity index (χ1v) is 21.8. The molecule has 0 aliphatic rings. The van der Waals surface area contributed by atoms with Gasteiger partial charge in [0.1, 0.15) is 47.8 Å². The van der Waals surface area contributed by atoms with Crippen molar-refractivity contribution in [2.75, 3.05) is 44.8 Å². The highest BCUT2D eigenvalue weighted by atomic mass is 127. The van der Waals surface area contributed by atoms with E-state index in [0.717, 1.165) is 11.6 Å². The lowest BCUT2D eigenvalue weighted by molar-refractivity contribution is -0.143. The summed E-state index contributed by atoms with van der Waals surface area (Å²) < 4.78 is 16.6. The van der Waals surface area contributed by atoms with E-state index in [4.69, 9.17) is 19.9 Å². The normalized spacial score (nSPS) is 15.4. The van der Waals surface area contributed by atoms with Crippen molar-refractivity contribution >= 4 is 58.3 Å². The molecule has 2 aromatic rings. The van der Waals surface area contributed by atoms with Gasteiger partial charge in [-0.05, 0) is 90.9 Å². The molecule has 9 N–H and O–H groups in total. The fourth-order valence-corrected chi connectivity index (χ4v) is 6.15. The number of esters is 1. The number of rotatable bonds is 25. The smallest absolute Gasteiger partial charge is 0.407 e. The van der Waals surface area contributed by atoms with Crippen LogP contribution in [0, 0.1) is 0 Å². The SMILES string of the molecule is CN[C@H](C(=O)N(C)[C@@H](Cc1ccccc1)C(=O)N[C@@H](C(=O)N[C@H](C)COC(=O)CI)[C@@H](C)O)c1ccc(O[C@H](C)[C@](O)(/C=C/C(N)=O)CNCCCNC(=O)OC(C)(C)C)cc1. The van der Waals surface area contributed by atoms with Crippen LogP contribution in [0.25, 0.3) is 0 Å². The average molecular weight is 982 g/mol. The molecule has 0 radical (unpaired) electrons. The van der Waals surface area contributed by atoms with Gasteiger partial charge in [-0.2, -0.15) is 0 Å². The predicted octanol–water partition coefficient (Wildman–Crippen LogP) is 1.41. The fraction of sp³-hybridized carbons (Fsp3) is 0.535. The largest absolute Gasteiger partial charge is 0.487 e. The Bertz CT molecular complexity index is 1790. The molecule has 0 aromatic heterocycles. The number of aliphatic hydroxyl groups is 2. The van der Waals surface area contributed by atoms with E-state index >= 15 is 0 Å². The minimum absolute atomic E-state index is 0.0272. The van der Waals surface area contributed by atoms with Gasteiger partial charge < -0.3 is 61.6 Å². The number of amides is 5. The number of hydrogen-bond acceptors (Lipinski definition) is 13. The molecule has 0 saturated carbocycles. The van der Waals surface area contributed by atoms with Gasteiger partial charge in [0, 0.05) is 32.6 Å². The minimum Gasteiger partial charge on any atom is -0.487 e. The van der Waals surface area contributed by atoms with Gasteiger partial charge in [-0.25, -0.2) is 4.79 Å². The van der Waals surface area contributed by atoms with Crippen molar-refractivity contribution in [1.82, 2.24) is 31.5 Å². The van der Waals surface area contributed by atoms with Crippen molar-refractivity contribution < 1.29 is 53.2 Å². The number of aliphatic hydroxyl groups excluding tert-OH is 1. The zero-order valence-corrected chi connectivity index (χ0v) is 38.9. The monoisotopic (exact) mass is 981 g/mol. The van der Waals surface area contributed by atoms with Crippen molar-refractivity contribution in [1.29, 1.82) is 0 Å². The molecule has 18 nitrogen and oxygen atoms in total. The molecular weight excluding hydrogens is 917 g/mol. The summed E-state index contributed by atoms with van der Waals surface area (Å²) in [5.74, 6) is -2.74. The van der Waals surface area contributed by atoms with Crippen LogP contribution in [-0.4, -0.2) is 137 Å². The van der Waals surface area contributed by atoms with Gasteiger partial charge in [-0.15, -0.1) is 0 Å². The Kier molecular flexibility index (Phi) is 22.3. The second-order valence-electron chi connectivity index (χ2n) is 15.8. The number of carbonyl (C=O) groups is 6. The van der Waals surface area contributed by atoms with Crippen molar-refractivity contribution in [3.63, 3.8) is 0 Å². The molecule has 0 fully saturated rings. The van der Waals surface area contributed by atoms with Gasteiger partial charge in [0.2, 0.25) is 23.6 Å². The lowest BCUT2D eigenvalue weighted by atomic mass is 9.96. The lowest BCUT2D eigenvalue weighted by Crippen LogP contribution is -2.59. The summed E-state index contributed by atoms with van der Waals surface area (Å²) in [5.41, 5.74) is 4.27. The highest BCUT2D eigenvalue weighted by molar-refractivity contribution is 14.1. The number of hydrogen-bond donors (Lipinski definition) is 8. The van der Waals surface area contributed by atoms with Crippen LogP contribution in [0.3, 0.4) is 0 Å². The number of nitrogens with two attached hydrogens (primary N) is 1. The van der Waals surface area contributed by atoms with E-state index in [9.17, 15) is 39.0 Å². The molecule has 62 heavy (non-hydrogen) atoms. The third-order valence-corrected chi connectivity index (χ3v) is 9.98. The molecule has 2 rings (SSSR count). The molecule has 0 unspecified atom stereocenters. The van der Waals surface area contributed by atoms with E-state index in [0.29, 0.717) is 30.8 Å². The molecule has 0 spiro atoms. The van der Waals surface area contributed by atoms with Gasteiger partial charge in [0.05, 0.1) is 16.6 Å². The van der Waals surface area contributed by atoms with E-state index in [1.807, 2.05) is 28.7 Å². The number of alkyl carbamates (subject to hydrolysis) is 1. The summed E-state index contributed by atoms with van der Waals surface area (Å²) in [6.45, 7) is 10.5. The molecule has 0 heterocycles. The van der Waals surface area contributed by atoms with Crippen LogP contribution in [-0.2, 0) is 39.9 Å². The molecule has 0 saturated heterocycles. The van der Waals surface area contributed by atoms with E-state index < -0.39 is 83.3 Å². The maximum atomic E-state index is 14.2. The lowest BCUT2D eigenvalue weighted by Gasteiger charge is -2.33. The van der Waals surface area contributed by atoms with Crippen LogP contribution >= 0.6 is 22.6 Å². The Morgan fingerprint density at radius 3 is 2.15 bits per heavy atom. The van der Waals surface area contributed by atoms with Crippen LogP contribution in [0.15, 0.2) is 66.7 Å². The average Bonchev–Trinajstić information content (AvgIpc) is 3.21. The maximum Gasteiger partial charge on any atom is 0.407 e. The summed E-state index contributed by atoms with van der Waals surface area (Å²) in [4.78, 5) is 77.8. The second kappa shape index (κ2) is 25.9. The standard InChI is InChI=1S/C43H64IN7O11/c1-27(25-60-35(54)24-44)49-39(56)36(28(2)52)50-38(55)33(23-30-13-10-9-11-14-30)51(8)40(57)37(46-7)31-15-17-32(18-16-31)61-29(3)43(59,20-19-34(45)53)26-47-21-12-22-48-41(58)62-42(4,5)6/h9-11,13-20,27-29,33,36-37,46-47,52,59H,12,21-26H2,1-8H3,(H2,45,53)(H,48,58)(H,49,56)(H,50,55)/b20-19+/t27-,28-,29-,33+,36-,37+,43+/m1/s1. The number of alkyl halides is 1. The van der Waals surface area contributed by atoms with Gasteiger partial charge >= 0.3 is 12.1 Å². The number of halogens is 1. The molecule has 0 aliphatic heterocycles. The first kappa shape index (κ1) is 53.3. The zero-order chi connectivity index (χ0) is 46.6. The summed E-state index contributed by atoms with van der Waals surface area (Å²) in [6.07, 6.45) is 0.146. The predicted molar refractivity (Wildman–Crippen MR) is 241 cm³/mol. The Balaban J connectivity index is 2.22. The zero-order valence-electron chi connectivity index (χ0n) is 36.7. The first-order valence-electron chi connectivity index (χ1n) is 20.2. The molecule has 19 heteroatoms. The first-order chi connectivity index (χ1) is 29.1. The summed E-state index contributed by atoms with van der Waals surface area (Å²) >= 11 is 1.86. The molecule has 2 aromatic carbocycles. The van der Waals surface area contributed by atoms with E-state index in [1.54, 1.807) is 90.2 Å². The molecule has 7 atom stereocenters. The second-order valence-corrected chi connectivity index (χ2v) is 16.6. The Labute approximate surface area is 377 Å². The molecule has 344 valence electrons. The van der Waals surface area contributed by atoms with Crippen LogP contribution in [0.2, 0.25) is 0 Å². The molecule has 0 bridgehead atoms. The van der Waals surface area contributed by atoms with E-state index in [1.165, 1.54) is 24.9 Å². The molecule has 0 aliphatic carbocycles. The highest BCUT2D eigenvalue weighted by Crippen LogP contribution is 2.24. The number of primary amides is 1. The van der Waals surface area contributed by atoms with Gasteiger partial charge in [-0.3, -0.25) is 24.0 Å². The van der Waals surface area contributed by atoms with Crippen LogP contribution in [0.5, 0.6) is 5.75 Å². The van der Waals surface area contributed by atoms with E-state index in [-0.39, 0.29) is 24.0 Å². The van der Waals surface area contributed by atoms with Gasteiger partial charge in [-0.1, -0.05) is 65.1 Å². The number of ether oxygens (including phenoxy) is 3. The molecule has 5 amide bonds. The van der Waals surface area contributed by atoms with Gasteiger partial charge in [0.15, 0.2) is 0 Å². The fourth-order valence-electron chi connectivity index (χ4n) is 5.93. The summed E-state index contributed by atoms with van der Waals surface area (Å²) in [5, 5.41) is 36.2. The number of nitrogens with one attached hydrogen (secondary N) is 5. The number of nitrogens with zero attached hydrogens (tertiary/aromatic N) is 1.